The van der Waals surface area contributed by atoms with Gasteiger partial charge in [0, 0.05) is 38.1 Å². The second-order valence-corrected chi connectivity index (χ2v) is 9.65. The van der Waals surface area contributed by atoms with Gasteiger partial charge in [0.2, 0.25) is 0 Å². The summed E-state index contributed by atoms with van der Waals surface area (Å²) in [5, 5.41) is 3.69. The highest BCUT2D eigenvalue weighted by molar-refractivity contribution is 7.20. The second kappa shape index (κ2) is 8.56. The van der Waals surface area contributed by atoms with Crippen molar-refractivity contribution in [3.8, 4) is 0 Å². The summed E-state index contributed by atoms with van der Waals surface area (Å²) in [5.74, 6) is 0.791. The molecule has 2 aliphatic rings. The zero-order valence-corrected chi connectivity index (χ0v) is 18.6. The smallest absolute Gasteiger partial charge is 0.262 e. The number of thiophene rings is 1. The molecule has 0 saturated carbocycles. The quantitative estimate of drug-likeness (QED) is 0.758. The van der Waals surface area contributed by atoms with E-state index in [4.69, 9.17) is 4.98 Å². The molecule has 2 atom stereocenters. The molecule has 158 valence electrons. The van der Waals surface area contributed by atoms with Crippen LogP contribution in [-0.2, 0) is 13.0 Å². The third kappa shape index (κ3) is 3.99. The fraction of sp³-hybridized carbons (Fsp3) is 0.682. The number of rotatable bonds is 5. The van der Waals surface area contributed by atoms with Crippen LogP contribution in [0, 0.1) is 6.92 Å². The predicted octanol–water partition coefficient (Wildman–Crippen LogP) is 3.49. The summed E-state index contributed by atoms with van der Waals surface area (Å²) in [6.07, 6.45) is 7.73. The highest BCUT2D eigenvalue weighted by Gasteiger charge is 2.25. The minimum absolute atomic E-state index is 0.0190. The molecule has 29 heavy (non-hydrogen) atoms. The number of nitrogens with zero attached hydrogens (tertiary/aromatic N) is 3. The molecule has 0 bridgehead atoms. The van der Waals surface area contributed by atoms with Gasteiger partial charge in [0.1, 0.15) is 10.7 Å². The van der Waals surface area contributed by atoms with E-state index in [1.54, 1.807) is 4.57 Å². The van der Waals surface area contributed by atoms with Crippen molar-refractivity contribution in [2.75, 3.05) is 13.1 Å². The molecule has 7 heteroatoms. The molecule has 1 fully saturated rings. The Morgan fingerprint density at radius 1 is 1.21 bits per heavy atom. The summed E-state index contributed by atoms with van der Waals surface area (Å²) in [6, 6.07) is 1.26. The van der Waals surface area contributed by atoms with E-state index >= 15 is 0 Å². The molecule has 4 heterocycles. The van der Waals surface area contributed by atoms with E-state index in [1.165, 1.54) is 30.6 Å². The van der Waals surface area contributed by atoms with Crippen LogP contribution in [0.4, 0.5) is 0 Å². The average molecular weight is 417 g/mol. The van der Waals surface area contributed by atoms with Crippen molar-refractivity contribution in [2.24, 2.45) is 0 Å². The van der Waals surface area contributed by atoms with Gasteiger partial charge in [-0.1, -0.05) is 6.42 Å². The molecular weight excluding hydrogens is 384 g/mol. The number of carbonyl (C=O) groups is 1. The summed E-state index contributed by atoms with van der Waals surface area (Å²) in [4.78, 5) is 34.3. The first-order valence-corrected chi connectivity index (χ1v) is 11.9. The zero-order chi connectivity index (χ0) is 20.5. The normalized spacial score (nSPS) is 22.6. The SMILES string of the molecule is Cc1c(C(=O)NCCCN2[C@H](C)CCC[C@H]2C)sc2nc3n(c(=O)c12)CCCC3. The van der Waals surface area contributed by atoms with Gasteiger partial charge in [0.15, 0.2) is 0 Å². The maximum atomic E-state index is 12.9. The van der Waals surface area contributed by atoms with E-state index in [1.807, 2.05) is 6.92 Å². The monoisotopic (exact) mass is 416 g/mol. The molecule has 0 spiro atoms. The van der Waals surface area contributed by atoms with Gasteiger partial charge in [0.05, 0.1) is 10.3 Å². The molecule has 1 N–H and O–H groups in total. The lowest BCUT2D eigenvalue weighted by molar-refractivity contribution is 0.0928. The highest BCUT2D eigenvalue weighted by atomic mass is 32.1. The van der Waals surface area contributed by atoms with Crippen LogP contribution >= 0.6 is 11.3 Å². The van der Waals surface area contributed by atoms with Crippen LogP contribution in [0.15, 0.2) is 4.79 Å². The Morgan fingerprint density at radius 3 is 2.72 bits per heavy atom. The Kier molecular flexibility index (Phi) is 6.06. The van der Waals surface area contributed by atoms with E-state index in [2.05, 4.69) is 24.1 Å². The Morgan fingerprint density at radius 2 is 1.97 bits per heavy atom. The number of nitrogens with one attached hydrogen (secondary N) is 1. The molecule has 1 saturated heterocycles. The standard InChI is InChI=1S/C22H32N4O2S/c1-14-8-6-9-15(2)25(14)13-7-11-23-20(27)19-16(3)18-21(29-19)24-17-10-4-5-12-26(17)22(18)28/h14-15H,4-13H2,1-3H3,(H,23,27)/t14-,15-/m1/s1. The van der Waals surface area contributed by atoms with Crippen molar-refractivity contribution in [3.63, 3.8) is 0 Å². The van der Waals surface area contributed by atoms with E-state index in [0.29, 0.717) is 33.7 Å². The van der Waals surface area contributed by atoms with Crippen LogP contribution in [0.5, 0.6) is 0 Å². The third-order valence-corrected chi connectivity index (χ3v) is 7.81. The second-order valence-electron chi connectivity index (χ2n) is 8.65. The van der Waals surface area contributed by atoms with Gasteiger partial charge in [-0.3, -0.25) is 19.1 Å². The van der Waals surface area contributed by atoms with E-state index in [0.717, 1.165) is 50.2 Å². The van der Waals surface area contributed by atoms with Crippen molar-refractivity contribution in [2.45, 2.75) is 84.3 Å². The van der Waals surface area contributed by atoms with Gasteiger partial charge in [-0.15, -0.1) is 11.3 Å². The van der Waals surface area contributed by atoms with Gasteiger partial charge in [-0.25, -0.2) is 4.98 Å². The van der Waals surface area contributed by atoms with Gasteiger partial charge >= 0.3 is 0 Å². The van der Waals surface area contributed by atoms with Crippen LogP contribution in [0.3, 0.4) is 0 Å². The summed E-state index contributed by atoms with van der Waals surface area (Å²) < 4.78 is 1.80. The van der Waals surface area contributed by atoms with Gasteiger partial charge in [-0.05, 0) is 58.4 Å². The fourth-order valence-corrected chi connectivity index (χ4v) is 6.02. The minimum atomic E-state index is -0.0763. The Balaban J connectivity index is 1.43. The maximum Gasteiger partial charge on any atom is 0.262 e. The van der Waals surface area contributed by atoms with Crippen LogP contribution in [0.1, 0.15) is 73.4 Å². The topological polar surface area (TPSA) is 67.2 Å². The van der Waals surface area contributed by atoms with E-state index in [9.17, 15) is 9.59 Å². The van der Waals surface area contributed by atoms with Crippen molar-refractivity contribution >= 4 is 27.5 Å². The molecule has 0 aliphatic carbocycles. The largest absolute Gasteiger partial charge is 0.351 e. The molecule has 0 unspecified atom stereocenters. The summed E-state index contributed by atoms with van der Waals surface area (Å²) in [6.45, 7) is 8.90. The molecule has 2 aromatic heterocycles. The van der Waals surface area contributed by atoms with Crippen LogP contribution in [0.25, 0.3) is 10.2 Å². The Hall–Kier alpha value is -1.73. The first-order chi connectivity index (χ1) is 14.0. The number of hydrogen-bond donors (Lipinski definition) is 1. The number of hydrogen-bond acceptors (Lipinski definition) is 5. The Bertz CT molecular complexity index is 954. The van der Waals surface area contributed by atoms with Crippen LogP contribution in [0.2, 0.25) is 0 Å². The average Bonchev–Trinajstić information content (AvgIpc) is 3.03. The lowest BCUT2D eigenvalue weighted by Gasteiger charge is -2.39. The maximum absolute atomic E-state index is 12.9. The fourth-order valence-electron chi connectivity index (χ4n) is 4.91. The minimum Gasteiger partial charge on any atom is -0.351 e. The molecule has 0 radical (unpaired) electrons. The van der Waals surface area contributed by atoms with E-state index < -0.39 is 0 Å². The van der Waals surface area contributed by atoms with Crippen molar-refractivity contribution in [3.05, 3.63) is 26.6 Å². The van der Waals surface area contributed by atoms with Gasteiger partial charge < -0.3 is 5.32 Å². The molecule has 4 rings (SSSR count). The van der Waals surface area contributed by atoms with Crippen LogP contribution < -0.4 is 10.9 Å². The van der Waals surface area contributed by atoms with Crippen molar-refractivity contribution in [1.29, 1.82) is 0 Å². The number of piperidine rings is 1. The van der Waals surface area contributed by atoms with Gasteiger partial charge in [0.25, 0.3) is 11.5 Å². The number of aryl methyl sites for hydroxylation is 2. The summed E-state index contributed by atoms with van der Waals surface area (Å²) >= 11 is 1.36. The molecule has 2 aliphatic heterocycles. The third-order valence-electron chi connectivity index (χ3n) is 6.62. The molecule has 1 amide bonds. The first kappa shape index (κ1) is 20.5. The van der Waals surface area contributed by atoms with Gasteiger partial charge in [-0.2, -0.15) is 0 Å². The van der Waals surface area contributed by atoms with E-state index in [-0.39, 0.29) is 11.5 Å². The summed E-state index contributed by atoms with van der Waals surface area (Å²) in [5.41, 5.74) is 0.796. The summed E-state index contributed by atoms with van der Waals surface area (Å²) in [7, 11) is 0. The van der Waals surface area contributed by atoms with Crippen molar-refractivity contribution < 1.29 is 4.79 Å². The lowest BCUT2D eigenvalue weighted by atomic mass is 9.97. The molecule has 6 nitrogen and oxygen atoms in total. The van der Waals surface area contributed by atoms with Crippen LogP contribution in [-0.4, -0.2) is 45.5 Å². The lowest BCUT2D eigenvalue weighted by Crippen LogP contribution is -2.44. The number of aromatic nitrogens is 2. The first-order valence-electron chi connectivity index (χ1n) is 11.0. The molecule has 2 aromatic rings. The zero-order valence-electron chi connectivity index (χ0n) is 17.8. The number of fused-ring (bicyclic) bond motifs is 2. The predicted molar refractivity (Wildman–Crippen MR) is 118 cm³/mol. The van der Waals surface area contributed by atoms with Crippen molar-refractivity contribution in [1.82, 2.24) is 19.8 Å². The molecule has 0 aromatic carbocycles. The molecular formula is C22H32N4O2S. The number of carbonyl (C=O) groups excluding carboxylic acids is 1. The Labute approximate surface area is 176 Å². The number of likely N-dealkylation sites (tertiary alicyclic amines) is 1. The highest BCUT2D eigenvalue weighted by Crippen LogP contribution is 2.28. The number of amides is 1.